The molecule has 1 amide bonds. The van der Waals surface area contributed by atoms with Gasteiger partial charge in [0.25, 0.3) is 0 Å². The van der Waals surface area contributed by atoms with E-state index in [0.29, 0.717) is 5.92 Å². The van der Waals surface area contributed by atoms with Gasteiger partial charge < -0.3 is 15.5 Å². The summed E-state index contributed by atoms with van der Waals surface area (Å²) in [5.41, 5.74) is 5.27. The number of rotatable bonds is 3. The Labute approximate surface area is 79.7 Å². The van der Waals surface area contributed by atoms with Crippen molar-refractivity contribution in [2.75, 3.05) is 40.3 Å². The molecule has 1 heterocycles. The molecular weight excluding hydrogens is 166 g/mol. The molecular formula is C9H19N3O. The number of carbonyl (C=O) groups excluding carboxylic acids is 1. The lowest BCUT2D eigenvalue weighted by molar-refractivity contribution is -0.128. The molecule has 2 N–H and O–H groups in total. The molecule has 4 nitrogen and oxygen atoms in total. The third-order valence-electron chi connectivity index (χ3n) is 2.62. The molecule has 0 bridgehead atoms. The molecule has 1 atom stereocenters. The van der Waals surface area contributed by atoms with Crippen molar-refractivity contribution in [3.8, 4) is 0 Å². The zero-order valence-electron chi connectivity index (χ0n) is 8.49. The molecule has 0 radical (unpaired) electrons. The number of amides is 1. The highest BCUT2D eigenvalue weighted by atomic mass is 16.2. The lowest BCUT2D eigenvalue weighted by atomic mass is 10.1. The Bertz CT molecular complexity index is 184. The van der Waals surface area contributed by atoms with Crippen LogP contribution in [0.5, 0.6) is 0 Å². The van der Waals surface area contributed by atoms with Gasteiger partial charge in [-0.3, -0.25) is 4.79 Å². The van der Waals surface area contributed by atoms with E-state index in [-0.39, 0.29) is 12.5 Å². The quantitative estimate of drug-likeness (QED) is 0.636. The Kier molecular flexibility index (Phi) is 3.69. The molecule has 1 saturated heterocycles. The largest absolute Gasteiger partial charge is 0.344 e. The van der Waals surface area contributed by atoms with Crippen LogP contribution in [0.4, 0.5) is 0 Å². The van der Waals surface area contributed by atoms with Gasteiger partial charge in [-0.2, -0.15) is 0 Å². The summed E-state index contributed by atoms with van der Waals surface area (Å²) >= 11 is 0. The Hall–Kier alpha value is -0.610. The minimum Gasteiger partial charge on any atom is -0.344 e. The van der Waals surface area contributed by atoms with E-state index in [1.807, 2.05) is 7.05 Å². The second-order valence-corrected chi connectivity index (χ2v) is 3.90. The third kappa shape index (κ3) is 2.97. The van der Waals surface area contributed by atoms with Crippen molar-refractivity contribution >= 4 is 5.91 Å². The number of hydrogen-bond donors (Lipinski definition) is 1. The lowest BCUT2D eigenvalue weighted by Gasteiger charge is -2.20. The summed E-state index contributed by atoms with van der Waals surface area (Å²) in [6.07, 6.45) is 1.19. The second-order valence-electron chi connectivity index (χ2n) is 3.90. The van der Waals surface area contributed by atoms with E-state index < -0.39 is 0 Å². The lowest BCUT2D eigenvalue weighted by Crippen LogP contribution is -2.36. The molecule has 0 aromatic carbocycles. The normalized spacial score (nSPS) is 23.5. The van der Waals surface area contributed by atoms with Crippen LogP contribution in [0.3, 0.4) is 0 Å². The predicted octanol–water partition coefficient (Wildman–Crippen LogP) is -0.645. The number of likely N-dealkylation sites (tertiary alicyclic amines) is 1. The fraction of sp³-hybridized carbons (Fsp3) is 0.889. The summed E-state index contributed by atoms with van der Waals surface area (Å²) in [6, 6.07) is 0. The van der Waals surface area contributed by atoms with Crippen molar-refractivity contribution in [3.05, 3.63) is 0 Å². The maximum Gasteiger partial charge on any atom is 0.236 e. The summed E-state index contributed by atoms with van der Waals surface area (Å²) < 4.78 is 0. The average molecular weight is 185 g/mol. The molecule has 76 valence electrons. The highest BCUT2D eigenvalue weighted by Gasteiger charge is 2.21. The fourth-order valence-corrected chi connectivity index (χ4v) is 1.82. The van der Waals surface area contributed by atoms with Gasteiger partial charge in [0, 0.05) is 20.1 Å². The van der Waals surface area contributed by atoms with E-state index in [2.05, 4.69) is 11.9 Å². The predicted molar refractivity (Wildman–Crippen MR) is 52.3 cm³/mol. The van der Waals surface area contributed by atoms with Crippen LogP contribution >= 0.6 is 0 Å². The van der Waals surface area contributed by atoms with Crippen LogP contribution in [0.2, 0.25) is 0 Å². The third-order valence-corrected chi connectivity index (χ3v) is 2.62. The standard InChI is InChI=1S/C9H19N3O/c1-11-4-3-8(6-11)7-12(2)9(13)5-10/h8H,3-7,10H2,1-2H3/t8-/m0/s1. The van der Waals surface area contributed by atoms with E-state index in [4.69, 9.17) is 5.73 Å². The molecule has 0 aromatic rings. The maximum atomic E-state index is 11.2. The number of carbonyl (C=O) groups is 1. The Balaban J connectivity index is 2.28. The monoisotopic (exact) mass is 185 g/mol. The van der Waals surface area contributed by atoms with Crippen molar-refractivity contribution in [2.45, 2.75) is 6.42 Å². The zero-order chi connectivity index (χ0) is 9.84. The molecule has 0 saturated carbocycles. The van der Waals surface area contributed by atoms with Crippen LogP contribution < -0.4 is 5.73 Å². The van der Waals surface area contributed by atoms with Gasteiger partial charge in [-0.15, -0.1) is 0 Å². The van der Waals surface area contributed by atoms with E-state index >= 15 is 0 Å². The molecule has 1 aliphatic rings. The number of nitrogens with two attached hydrogens (primary N) is 1. The summed E-state index contributed by atoms with van der Waals surface area (Å²) in [5, 5.41) is 0. The first-order valence-electron chi connectivity index (χ1n) is 4.76. The van der Waals surface area contributed by atoms with Crippen LogP contribution in [0.15, 0.2) is 0 Å². The maximum absolute atomic E-state index is 11.2. The first-order valence-corrected chi connectivity index (χ1v) is 4.76. The van der Waals surface area contributed by atoms with Gasteiger partial charge in [-0.1, -0.05) is 0 Å². The van der Waals surface area contributed by atoms with Gasteiger partial charge in [0.05, 0.1) is 6.54 Å². The Morgan fingerprint density at radius 3 is 2.85 bits per heavy atom. The van der Waals surface area contributed by atoms with Gasteiger partial charge in [-0.05, 0) is 25.9 Å². The van der Waals surface area contributed by atoms with Crippen LogP contribution in [-0.4, -0.2) is 56.0 Å². The number of nitrogens with zero attached hydrogens (tertiary/aromatic N) is 2. The Morgan fingerprint density at radius 2 is 2.38 bits per heavy atom. The fourth-order valence-electron chi connectivity index (χ4n) is 1.82. The first kappa shape index (κ1) is 10.5. The van der Waals surface area contributed by atoms with Gasteiger partial charge in [0.1, 0.15) is 0 Å². The summed E-state index contributed by atoms with van der Waals surface area (Å²) in [6.45, 7) is 3.22. The van der Waals surface area contributed by atoms with Crippen LogP contribution in [0.1, 0.15) is 6.42 Å². The Morgan fingerprint density at radius 1 is 1.69 bits per heavy atom. The van der Waals surface area contributed by atoms with E-state index in [9.17, 15) is 4.79 Å². The smallest absolute Gasteiger partial charge is 0.236 e. The van der Waals surface area contributed by atoms with Crippen LogP contribution in [-0.2, 0) is 4.79 Å². The second kappa shape index (κ2) is 4.58. The van der Waals surface area contributed by atoms with Gasteiger partial charge >= 0.3 is 0 Å². The molecule has 1 rings (SSSR count). The molecule has 4 heteroatoms. The summed E-state index contributed by atoms with van der Waals surface area (Å²) in [7, 11) is 3.94. The molecule has 0 unspecified atom stereocenters. The number of hydrogen-bond acceptors (Lipinski definition) is 3. The summed E-state index contributed by atoms with van der Waals surface area (Å²) in [5.74, 6) is 0.667. The van der Waals surface area contributed by atoms with Crippen LogP contribution in [0, 0.1) is 5.92 Å². The topological polar surface area (TPSA) is 49.6 Å². The minimum atomic E-state index is 0.0366. The van der Waals surface area contributed by atoms with Crippen molar-refractivity contribution in [1.82, 2.24) is 9.80 Å². The average Bonchev–Trinajstić information content (AvgIpc) is 2.49. The van der Waals surface area contributed by atoms with E-state index in [1.54, 1.807) is 4.90 Å². The highest BCUT2D eigenvalue weighted by molar-refractivity contribution is 5.77. The van der Waals surface area contributed by atoms with Crippen molar-refractivity contribution in [2.24, 2.45) is 11.7 Å². The van der Waals surface area contributed by atoms with Gasteiger partial charge in [0.2, 0.25) is 5.91 Å². The number of likely N-dealkylation sites (N-methyl/N-ethyl adjacent to an activating group) is 1. The molecule has 1 aliphatic heterocycles. The van der Waals surface area contributed by atoms with Crippen molar-refractivity contribution < 1.29 is 4.79 Å². The van der Waals surface area contributed by atoms with Crippen LogP contribution in [0.25, 0.3) is 0 Å². The summed E-state index contributed by atoms with van der Waals surface area (Å²) in [4.78, 5) is 15.2. The van der Waals surface area contributed by atoms with Crippen molar-refractivity contribution in [3.63, 3.8) is 0 Å². The molecule has 0 spiro atoms. The first-order chi connectivity index (χ1) is 6.13. The highest BCUT2D eigenvalue weighted by Crippen LogP contribution is 2.14. The zero-order valence-corrected chi connectivity index (χ0v) is 8.49. The van der Waals surface area contributed by atoms with E-state index in [1.165, 1.54) is 6.42 Å². The molecule has 0 aliphatic carbocycles. The minimum absolute atomic E-state index is 0.0366. The molecule has 13 heavy (non-hydrogen) atoms. The SMILES string of the molecule is CN1CC[C@H](CN(C)C(=O)CN)C1. The van der Waals surface area contributed by atoms with Gasteiger partial charge in [-0.25, -0.2) is 0 Å². The molecule has 0 aromatic heterocycles. The van der Waals surface area contributed by atoms with Gasteiger partial charge in [0.15, 0.2) is 0 Å². The van der Waals surface area contributed by atoms with Crippen molar-refractivity contribution in [1.29, 1.82) is 0 Å². The van der Waals surface area contributed by atoms with E-state index in [0.717, 1.165) is 19.6 Å². The molecule has 1 fully saturated rings.